The molecule has 0 aliphatic carbocycles. The monoisotopic (exact) mass is 558 g/mol. The quantitative estimate of drug-likeness (QED) is 0.187. The number of anilines is 1. The van der Waals surface area contributed by atoms with Crippen molar-refractivity contribution >= 4 is 66.7 Å². The van der Waals surface area contributed by atoms with Gasteiger partial charge >= 0.3 is 5.97 Å². The van der Waals surface area contributed by atoms with E-state index in [1.54, 1.807) is 23.7 Å². The van der Waals surface area contributed by atoms with Crippen molar-refractivity contribution in [1.82, 2.24) is 15.3 Å². The van der Waals surface area contributed by atoms with Gasteiger partial charge in [0, 0.05) is 23.5 Å². The summed E-state index contributed by atoms with van der Waals surface area (Å²) in [5.41, 5.74) is 1.18. The van der Waals surface area contributed by atoms with Gasteiger partial charge < -0.3 is 15.0 Å². The van der Waals surface area contributed by atoms with E-state index in [0.717, 1.165) is 33.9 Å². The molecular formula is C25H17F3N4O4S2. The van der Waals surface area contributed by atoms with Crippen molar-refractivity contribution in [3.8, 4) is 0 Å². The summed E-state index contributed by atoms with van der Waals surface area (Å²) in [5, 5.41) is 7.43. The van der Waals surface area contributed by atoms with Gasteiger partial charge in [-0.2, -0.15) is 0 Å². The summed E-state index contributed by atoms with van der Waals surface area (Å²) in [4.78, 5) is 45.3. The fourth-order valence-electron chi connectivity index (χ4n) is 3.77. The average Bonchev–Trinajstić information content (AvgIpc) is 3.66. The van der Waals surface area contributed by atoms with Crippen LogP contribution in [0.15, 0.2) is 54.0 Å². The number of nitrogens with zero attached hydrogens (tertiary/aromatic N) is 1. The fraction of sp³-hybridized carbons (Fsp3) is 0.120. The Morgan fingerprint density at radius 1 is 1.08 bits per heavy atom. The number of halogens is 3. The molecule has 1 unspecified atom stereocenters. The van der Waals surface area contributed by atoms with Crippen LogP contribution >= 0.6 is 22.7 Å². The van der Waals surface area contributed by atoms with Gasteiger partial charge in [-0.05, 0) is 29.1 Å². The van der Waals surface area contributed by atoms with E-state index in [2.05, 4.69) is 20.6 Å². The first kappa shape index (κ1) is 25.4. The highest BCUT2D eigenvalue weighted by Crippen LogP contribution is 2.30. The summed E-state index contributed by atoms with van der Waals surface area (Å²) < 4.78 is 46.0. The SMILES string of the molecule is O=C(COC(=O)C(Cc1c[nH]c2ccccc12)NC(=O)c1cccs1)Nc1nc2c(F)c(F)c(F)cc2s1. The van der Waals surface area contributed by atoms with Crippen molar-refractivity contribution in [3.05, 3.63) is 81.9 Å². The minimum absolute atomic E-state index is 0.0104. The van der Waals surface area contributed by atoms with Crippen LogP contribution in [0.3, 0.4) is 0 Å². The molecule has 38 heavy (non-hydrogen) atoms. The van der Waals surface area contributed by atoms with Crippen molar-refractivity contribution < 1.29 is 32.3 Å². The molecule has 5 aromatic rings. The van der Waals surface area contributed by atoms with Crippen LogP contribution in [-0.4, -0.2) is 40.4 Å². The lowest BCUT2D eigenvalue weighted by molar-refractivity contribution is -0.149. The number of nitrogens with one attached hydrogen (secondary N) is 3. The summed E-state index contributed by atoms with van der Waals surface area (Å²) in [7, 11) is 0. The number of aromatic nitrogens is 2. The van der Waals surface area contributed by atoms with Crippen molar-refractivity contribution in [2.75, 3.05) is 11.9 Å². The number of ether oxygens (including phenoxy) is 1. The molecule has 0 aliphatic heterocycles. The lowest BCUT2D eigenvalue weighted by atomic mass is 10.0. The average molecular weight is 559 g/mol. The minimum Gasteiger partial charge on any atom is -0.454 e. The van der Waals surface area contributed by atoms with Crippen LogP contribution in [0, 0.1) is 17.5 Å². The molecule has 3 N–H and O–H groups in total. The fourth-order valence-corrected chi connectivity index (χ4v) is 5.30. The predicted molar refractivity (Wildman–Crippen MR) is 137 cm³/mol. The molecule has 0 radical (unpaired) electrons. The number of carbonyl (C=O) groups excluding carboxylic acids is 3. The van der Waals surface area contributed by atoms with Crippen LogP contribution in [0.5, 0.6) is 0 Å². The van der Waals surface area contributed by atoms with Gasteiger partial charge in [0.25, 0.3) is 11.8 Å². The Labute approximate surface area is 220 Å². The number of hydrogen-bond donors (Lipinski definition) is 3. The van der Waals surface area contributed by atoms with Crippen LogP contribution in [0.4, 0.5) is 18.3 Å². The number of aromatic amines is 1. The smallest absolute Gasteiger partial charge is 0.329 e. The second-order valence-electron chi connectivity index (χ2n) is 8.07. The van der Waals surface area contributed by atoms with Gasteiger partial charge in [-0.25, -0.2) is 22.9 Å². The molecule has 194 valence electrons. The molecule has 8 nitrogen and oxygen atoms in total. The number of fused-ring (bicyclic) bond motifs is 2. The maximum Gasteiger partial charge on any atom is 0.329 e. The van der Waals surface area contributed by atoms with E-state index in [9.17, 15) is 27.6 Å². The summed E-state index contributed by atoms with van der Waals surface area (Å²) >= 11 is 1.93. The molecule has 0 saturated heterocycles. The van der Waals surface area contributed by atoms with E-state index in [1.807, 2.05) is 24.3 Å². The first-order valence-corrected chi connectivity index (χ1v) is 12.8. The Balaban J connectivity index is 1.28. The first-order chi connectivity index (χ1) is 18.3. The maximum atomic E-state index is 13.9. The number of para-hydroxylation sites is 1. The van der Waals surface area contributed by atoms with E-state index in [-0.39, 0.29) is 16.3 Å². The van der Waals surface area contributed by atoms with E-state index in [1.165, 1.54) is 11.3 Å². The topological polar surface area (TPSA) is 113 Å². The zero-order valence-electron chi connectivity index (χ0n) is 19.2. The standard InChI is InChI=1S/C25H17F3N4O4S2/c26-14-9-18-22(21(28)20(14)27)32-25(38-18)31-19(33)11-36-24(35)16(30-23(34)17-6-3-7-37-17)8-12-10-29-15-5-2-1-4-13(12)15/h1-7,9-10,16,29H,8,11H2,(H,30,34)(H,31,32,33). The molecule has 1 atom stereocenters. The molecule has 3 heterocycles. The highest BCUT2D eigenvalue weighted by atomic mass is 32.1. The lowest BCUT2D eigenvalue weighted by Gasteiger charge is -2.17. The summed E-state index contributed by atoms with van der Waals surface area (Å²) in [6.07, 6.45) is 1.82. The van der Waals surface area contributed by atoms with Crippen molar-refractivity contribution in [3.63, 3.8) is 0 Å². The minimum atomic E-state index is -1.67. The van der Waals surface area contributed by atoms with Crippen LogP contribution in [-0.2, 0) is 20.7 Å². The van der Waals surface area contributed by atoms with E-state index in [0.29, 0.717) is 4.88 Å². The number of thiazole rings is 1. The number of amides is 2. The number of H-pyrrole nitrogens is 1. The molecule has 0 aliphatic rings. The lowest BCUT2D eigenvalue weighted by Crippen LogP contribution is -2.43. The van der Waals surface area contributed by atoms with Gasteiger partial charge in [0.05, 0.1) is 9.58 Å². The number of rotatable bonds is 8. The Morgan fingerprint density at radius 2 is 1.89 bits per heavy atom. The molecule has 0 bridgehead atoms. The summed E-state index contributed by atoms with van der Waals surface area (Å²) in [6.45, 7) is -0.737. The Kier molecular flexibility index (Phi) is 7.11. The van der Waals surface area contributed by atoms with Crippen LogP contribution in [0.1, 0.15) is 15.2 Å². The number of benzene rings is 2. The van der Waals surface area contributed by atoms with Gasteiger partial charge in [0.2, 0.25) is 0 Å². The zero-order valence-corrected chi connectivity index (χ0v) is 20.9. The highest BCUT2D eigenvalue weighted by molar-refractivity contribution is 7.22. The van der Waals surface area contributed by atoms with Gasteiger partial charge in [-0.3, -0.25) is 14.9 Å². The molecule has 13 heteroatoms. The third kappa shape index (κ3) is 5.24. The van der Waals surface area contributed by atoms with Crippen LogP contribution < -0.4 is 10.6 Å². The van der Waals surface area contributed by atoms with Gasteiger partial charge in [0.1, 0.15) is 11.6 Å². The first-order valence-electron chi connectivity index (χ1n) is 11.1. The molecule has 0 fully saturated rings. The third-order valence-corrected chi connectivity index (χ3v) is 7.33. The van der Waals surface area contributed by atoms with Crippen molar-refractivity contribution in [2.45, 2.75) is 12.5 Å². The zero-order chi connectivity index (χ0) is 26.8. The normalized spacial score (nSPS) is 12.0. The number of hydrogen-bond acceptors (Lipinski definition) is 7. The second kappa shape index (κ2) is 10.6. The number of carbonyl (C=O) groups is 3. The van der Waals surface area contributed by atoms with Crippen LogP contribution in [0.2, 0.25) is 0 Å². The van der Waals surface area contributed by atoms with E-state index >= 15 is 0 Å². The van der Waals surface area contributed by atoms with Crippen molar-refractivity contribution in [2.24, 2.45) is 0 Å². The Morgan fingerprint density at radius 3 is 2.68 bits per heavy atom. The molecule has 5 rings (SSSR count). The van der Waals surface area contributed by atoms with Gasteiger partial charge in [-0.15, -0.1) is 11.3 Å². The largest absolute Gasteiger partial charge is 0.454 e. The van der Waals surface area contributed by atoms with Gasteiger partial charge in [-0.1, -0.05) is 35.6 Å². The molecule has 0 spiro atoms. The molecular weight excluding hydrogens is 541 g/mol. The maximum absolute atomic E-state index is 13.9. The van der Waals surface area contributed by atoms with Crippen LogP contribution in [0.25, 0.3) is 21.1 Å². The van der Waals surface area contributed by atoms with Crippen molar-refractivity contribution in [1.29, 1.82) is 0 Å². The molecule has 3 aromatic heterocycles. The highest BCUT2D eigenvalue weighted by Gasteiger charge is 2.26. The number of thiophene rings is 1. The Bertz CT molecular complexity index is 1670. The third-order valence-electron chi connectivity index (χ3n) is 5.55. The molecule has 2 amide bonds. The van der Waals surface area contributed by atoms with E-state index < -0.39 is 53.4 Å². The van der Waals surface area contributed by atoms with E-state index in [4.69, 9.17) is 4.74 Å². The number of esters is 1. The summed E-state index contributed by atoms with van der Waals surface area (Å²) in [6, 6.07) is 10.4. The second-order valence-corrected chi connectivity index (χ2v) is 10.1. The van der Waals surface area contributed by atoms with Gasteiger partial charge in [0.15, 0.2) is 29.2 Å². The summed E-state index contributed by atoms with van der Waals surface area (Å²) in [5.74, 6) is -6.65. The Hall–Kier alpha value is -4.23. The predicted octanol–water partition coefficient (Wildman–Crippen LogP) is 4.78. The molecule has 0 saturated carbocycles. The molecule has 2 aromatic carbocycles.